The molecule has 20 heavy (non-hydrogen) atoms. The molecule has 0 aliphatic rings. The topological polar surface area (TPSA) is 38.3 Å². The van der Waals surface area contributed by atoms with Crippen molar-refractivity contribution in [2.75, 3.05) is 13.2 Å². The molecule has 0 rings (SSSR count). The Labute approximate surface area is 125 Å². The third kappa shape index (κ3) is 15.5. The predicted octanol–water partition coefficient (Wildman–Crippen LogP) is 4.30. The maximum absolute atomic E-state index is 11.6. The fourth-order valence-corrected chi connectivity index (χ4v) is 1.76. The summed E-state index contributed by atoms with van der Waals surface area (Å²) in [5.74, 6) is 0.191. The first-order valence-corrected chi connectivity index (χ1v) is 8.01. The molecule has 0 aromatic carbocycles. The number of nitrogens with one attached hydrogen (secondary N) is 1. The quantitative estimate of drug-likeness (QED) is 0.641. The molecule has 0 aromatic heterocycles. The number of carbonyl (C=O) groups excluding carboxylic acids is 1. The Morgan fingerprint density at radius 1 is 0.950 bits per heavy atom. The van der Waals surface area contributed by atoms with Gasteiger partial charge in [0.15, 0.2) is 0 Å². The summed E-state index contributed by atoms with van der Waals surface area (Å²) in [4.78, 5) is 11.6. The molecule has 0 radical (unpaired) electrons. The average Bonchev–Trinajstić information content (AvgIpc) is 2.27. The lowest BCUT2D eigenvalue weighted by Crippen LogP contribution is -2.25. The van der Waals surface area contributed by atoms with E-state index in [4.69, 9.17) is 4.74 Å². The number of rotatable bonds is 9. The molecule has 0 unspecified atom stereocenters. The predicted molar refractivity (Wildman–Crippen MR) is 85.9 cm³/mol. The Balaban J connectivity index is 3.34. The van der Waals surface area contributed by atoms with Gasteiger partial charge in [-0.15, -0.1) is 0 Å². The Morgan fingerprint density at radius 2 is 1.55 bits per heavy atom. The van der Waals surface area contributed by atoms with Gasteiger partial charge in [0.25, 0.3) is 0 Å². The molecule has 0 spiro atoms. The van der Waals surface area contributed by atoms with Crippen molar-refractivity contribution in [1.82, 2.24) is 5.32 Å². The van der Waals surface area contributed by atoms with Gasteiger partial charge in [-0.3, -0.25) is 4.79 Å². The minimum atomic E-state index is -0.0268. The molecule has 3 heteroatoms. The first-order chi connectivity index (χ1) is 9.10. The van der Waals surface area contributed by atoms with Crippen LogP contribution in [0.25, 0.3) is 0 Å². The number of carbonyl (C=O) groups is 1. The summed E-state index contributed by atoms with van der Waals surface area (Å²) in [6.07, 6.45) is 6.10. The van der Waals surface area contributed by atoms with Crippen LogP contribution in [-0.2, 0) is 9.53 Å². The normalized spacial score (nSPS) is 12.5. The summed E-state index contributed by atoms with van der Waals surface area (Å²) in [6.45, 7) is 14.4. The van der Waals surface area contributed by atoms with Gasteiger partial charge < -0.3 is 10.1 Å². The Morgan fingerprint density at radius 3 is 2.10 bits per heavy atom. The summed E-state index contributed by atoms with van der Waals surface area (Å²) in [5.41, 5.74) is 0.214. The monoisotopic (exact) mass is 285 g/mol. The average molecular weight is 285 g/mol. The molecule has 0 saturated heterocycles. The molecular weight excluding hydrogens is 250 g/mol. The molecule has 0 fully saturated rings. The second kappa shape index (κ2) is 9.38. The summed E-state index contributed by atoms with van der Waals surface area (Å²) in [5, 5.41) is 3.00. The zero-order valence-electron chi connectivity index (χ0n) is 14.5. The van der Waals surface area contributed by atoms with E-state index >= 15 is 0 Å². The van der Waals surface area contributed by atoms with Crippen molar-refractivity contribution >= 4 is 5.91 Å². The van der Waals surface area contributed by atoms with E-state index in [0.717, 1.165) is 38.8 Å². The van der Waals surface area contributed by atoms with E-state index in [1.807, 2.05) is 0 Å². The minimum Gasteiger partial charge on any atom is -0.376 e. The number of ether oxygens (including phenoxy) is 1. The molecule has 0 saturated carbocycles. The molecule has 0 heterocycles. The second-order valence-corrected chi connectivity index (χ2v) is 7.79. The van der Waals surface area contributed by atoms with E-state index in [2.05, 4.69) is 46.9 Å². The van der Waals surface area contributed by atoms with Gasteiger partial charge in [0, 0.05) is 19.6 Å². The second-order valence-electron chi connectivity index (χ2n) is 7.79. The van der Waals surface area contributed by atoms with Gasteiger partial charge in [0.05, 0.1) is 5.60 Å². The van der Waals surface area contributed by atoms with Crippen LogP contribution in [0.4, 0.5) is 0 Å². The van der Waals surface area contributed by atoms with Crippen LogP contribution in [0.2, 0.25) is 0 Å². The maximum Gasteiger partial charge on any atom is 0.220 e. The van der Waals surface area contributed by atoms with Crippen molar-refractivity contribution in [3.8, 4) is 0 Å². The van der Waals surface area contributed by atoms with Crippen LogP contribution in [0.5, 0.6) is 0 Å². The molecule has 0 bridgehead atoms. The standard InChI is InChI=1S/C17H35NO2/c1-16(2,3)12-11-15(19)18-13-9-7-8-10-14-20-17(4,5)6/h7-14H2,1-6H3,(H,18,19). The number of hydrogen-bond donors (Lipinski definition) is 1. The number of hydrogen-bond acceptors (Lipinski definition) is 2. The Bertz CT molecular complexity index is 261. The fourth-order valence-electron chi connectivity index (χ4n) is 1.76. The SMILES string of the molecule is CC(C)(C)CCC(=O)NCCCCCCOC(C)(C)C. The highest BCUT2D eigenvalue weighted by Gasteiger charge is 2.12. The van der Waals surface area contributed by atoms with E-state index in [1.54, 1.807) is 0 Å². The summed E-state index contributed by atoms with van der Waals surface area (Å²) >= 11 is 0. The van der Waals surface area contributed by atoms with Crippen molar-refractivity contribution in [3.63, 3.8) is 0 Å². The van der Waals surface area contributed by atoms with E-state index in [0.29, 0.717) is 6.42 Å². The van der Waals surface area contributed by atoms with Crippen LogP contribution in [0.3, 0.4) is 0 Å². The zero-order valence-corrected chi connectivity index (χ0v) is 14.5. The van der Waals surface area contributed by atoms with Crippen LogP contribution < -0.4 is 5.32 Å². The van der Waals surface area contributed by atoms with Gasteiger partial charge in [0.2, 0.25) is 5.91 Å². The van der Waals surface area contributed by atoms with Gasteiger partial charge in [-0.25, -0.2) is 0 Å². The van der Waals surface area contributed by atoms with Crippen molar-refractivity contribution < 1.29 is 9.53 Å². The van der Waals surface area contributed by atoms with E-state index in [1.165, 1.54) is 6.42 Å². The molecule has 0 aliphatic heterocycles. The van der Waals surface area contributed by atoms with Crippen molar-refractivity contribution in [2.45, 2.75) is 85.7 Å². The Hall–Kier alpha value is -0.570. The van der Waals surface area contributed by atoms with Crippen molar-refractivity contribution in [3.05, 3.63) is 0 Å². The van der Waals surface area contributed by atoms with Gasteiger partial charge in [-0.1, -0.05) is 33.6 Å². The minimum absolute atomic E-state index is 0.0268. The zero-order chi connectivity index (χ0) is 15.6. The molecule has 1 N–H and O–H groups in total. The highest BCUT2D eigenvalue weighted by molar-refractivity contribution is 5.75. The Kier molecular flexibility index (Phi) is 9.11. The molecular formula is C17H35NO2. The van der Waals surface area contributed by atoms with Gasteiger partial charge in [0.1, 0.15) is 0 Å². The first-order valence-electron chi connectivity index (χ1n) is 8.01. The molecule has 0 aliphatic carbocycles. The first kappa shape index (κ1) is 19.4. The lowest BCUT2D eigenvalue weighted by atomic mass is 9.90. The highest BCUT2D eigenvalue weighted by atomic mass is 16.5. The van der Waals surface area contributed by atoms with Crippen molar-refractivity contribution in [1.29, 1.82) is 0 Å². The third-order valence-corrected chi connectivity index (χ3v) is 3.03. The lowest BCUT2D eigenvalue weighted by molar-refractivity contribution is -0.121. The van der Waals surface area contributed by atoms with Crippen LogP contribution in [0.15, 0.2) is 0 Å². The molecule has 1 amide bonds. The summed E-state index contributed by atoms with van der Waals surface area (Å²) < 4.78 is 5.67. The molecule has 120 valence electrons. The number of amides is 1. The maximum atomic E-state index is 11.6. The van der Waals surface area contributed by atoms with E-state index in [9.17, 15) is 4.79 Å². The highest BCUT2D eigenvalue weighted by Crippen LogP contribution is 2.20. The largest absolute Gasteiger partial charge is 0.376 e. The van der Waals surface area contributed by atoms with E-state index < -0.39 is 0 Å². The smallest absolute Gasteiger partial charge is 0.220 e. The van der Waals surface area contributed by atoms with Crippen molar-refractivity contribution in [2.24, 2.45) is 5.41 Å². The number of unbranched alkanes of at least 4 members (excludes halogenated alkanes) is 3. The molecule has 3 nitrogen and oxygen atoms in total. The van der Waals surface area contributed by atoms with Gasteiger partial charge >= 0.3 is 0 Å². The van der Waals surface area contributed by atoms with Gasteiger partial charge in [-0.2, -0.15) is 0 Å². The van der Waals surface area contributed by atoms with Crippen LogP contribution >= 0.6 is 0 Å². The molecule has 0 aromatic rings. The van der Waals surface area contributed by atoms with Crippen LogP contribution in [-0.4, -0.2) is 24.7 Å². The summed E-state index contributed by atoms with van der Waals surface area (Å²) in [7, 11) is 0. The lowest BCUT2D eigenvalue weighted by Gasteiger charge is -2.19. The van der Waals surface area contributed by atoms with Crippen LogP contribution in [0.1, 0.15) is 80.1 Å². The molecule has 0 atom stereocenters. The fraction of sp³-hybridized carbons (Fsp3) is 0.941. The summed E-state index contributed by atoms with van der Waals surface area (Å²) in [6, 6.07) is 0. The van der Waals surface area contributed by atoms with E-state index in [-0.39, 0.29) is 16.9 Å². The third-order valence-electron chi connectivity index (χ3n) is 3.03. The van der Waals surface area contributed by atoms with Gasteiger partial charge in [-0.05, 0) is 45.4 Å². The van der Waals surface area contributed by atoms with Crippen LogP contribution in [0, 0.1) is 5.41 Å².